The molecule has 3 aromatic heterocycles. The summed E-state index contributed by atoms with van der Waals surface area (Å²) in [6.07, 6.45) is 3.39. The highest BCUT2D eigenvalue weighted by Crippen LogP contribution is 2.36. The van der Waals surface area contributed by atoms with Crippen molar-refractivity contribution in [2.75, 3.05) is 39.1 Å². The Morgan fingerprint density at radius 3 is 2.60 bits per heavy atom. The number of aromatic nitrogens is 4. The van der Waals surface area contributed by atoms with Crippen LogP contribution in [0, 0.1) is 19.8 Å². The van der Waals surface area contributed by atoms with E-state index in [-0.39, 0.29) is 17.8 Å². The van der Waals surface area contributed by atoms with Gasteiger partial charge in [-0.15, -0.1) is 0 Å². The molecule has 0 unspecified atom stereocenters. The van der Waals surface area contributed by atoms with E-state index in [0.717, 1.165) is 88.6 Å². The molecule has 5 aromatic rings. The van der Waals surface area contributed by atoms with E-state index in [1.807, 2.05) is 48.9 Å². The predicted octanol–water partition coefficient (Wildman–Crippen LogP) is 5.14. The first-order valence-corrected chi connectivity index (χ1v) is 16.0. The van der Waals surface area contributed by atoms with Crippen LogP contribution in [-0.2, 0) is 36.1 Å². The predicted molar refractivity (Wildman–Crippen MR) is 179 cm³/mol. The number of likely N-dealkylation sites (tertiary alicyclic amines) is 1. The molecule has 242 valence electrons. The molecule has 2 aliphatic heterocycles. The molecular weight excluding hydrogens is 594 g/mol. The number of carbonyl (C=O) groups is 2. The summed E-state index contributed by atoms with van der Waals surface area (Å²) >= 11 is 0. The van der Waals surface area contributed by atoms with Gasteiger partial charge in [0.25, 0.3) is 5.91 Å². The first-order chi connectivity index (χ1) is 22.7. The van der Waals surface area contributed by atoms with E-state index >= 15 is 0 Å². The summed E-state index contributed by atoms with van der Waals surface area (Å²) in [5.41, 5.74) is 9.97. The number of hydrogen-bond acceptors (Lipinski definition) is 9. The molecule has 7 rings (SSSR count). The summed E-state index contributed by atoms with van der Waals surface area (Å²) in [6.45, 7) is 7.90. The van der Waals surface area contributed by atoms with E-state index in [1.54, 1.807) is 6.20 Å². The number of nitrogens with one attached hydrogen (secondary N) is 1. The maximum atomic E-state index is 13.4. The van der Waals surface area contributed by atoms with E-state index < -0.39 is 0 Å². The molecule has 11 nitrogen and oxygen atoms in total. The molecule has 0 bridgehead atoms. The molecular formula is C36H39N7O4. The summed E-state index contributed by atoms with van der Waals surface area (Å²) in [5.74, 6) is 0.482. The molecule has 47 heavy (non-hydrogen) atoms. The van der Waals surface area contributed by atoms with Crippen molar-refractivity contribution in [2.45, 2.75) is 39.8 Å². The van der Waals surface area contributed by atoms with Crippen LogP contribution in [0.15, 0.2) is 53.1 Å². The summed E-state index contributed by atoms with van der Waals surface area (Å²) in [4.78, 5) is 44.0. The number of esters is 1. The third kappa shape index (κ3) is 5.81. The number of likely N-dealkylation sites (N-methyl/N-ethyl adjacent to an activating group) is 1. The fourth-order valence-electron chi connectivity index (χ4n) is 6.90. The molecule has 2 aliphatic rings. The molecule has 5 heterocycles. The average molecular weight is 634 g/mol. The Morgan fingerprint density at radius 2 is 1.79 bits per heavy atom. The number of imidazole rings is 1. The molecule has 1 amide bonds. The third-order valence-electron chi connectivity index (χ3n) is 9.61. The maximum absolute atomic E-state index is 13.4. The molecule has 1 atom stereocenters. The number of rotatable bonds is 7. The Labute approximate surface area is 273 Å². The number of carbonyl (C=O) groups excluding carboxylic acids is 2. The van der Waals surface area contributed by atoms with Crippen LogP contribution < -0.4 is 5.32 Å². The topological polar surface area (TPSA) is 119 Å². The highest BCUT2D eigenvalue weighted by molar-refractivity contribution is 6.03. The Kier molecular flexibility index (Phi) is 8.11. The second-order valence-electron chi connectivity index (χ2n) is 12.7. The van der Waals surface area contributed by atoms with Gasteiger partial charge >= 0.3 is 5.97 Å². The number of benzene rings is 2. The first-order valence-electron chi connectivity index (χ1n) is 16.0. The van der Waals surface area contributed by atoms with E-state index in [2.05, 4.69) is 46.2 Å². The normalized spacial score (nSPS) is 16.8. The summed E-state index contributed by atoms with van der Waals surface area (Å²) in [7, 11) is 5.43. The fourth-order valence-corrected chi connectivity index (χ4v) is 6.90. The third-order valence-corrected chi connectivity index (χ3v) is 9.61. The number of pyridine rings is 1. The first kappa shape index (κ1) is 30.8. The van der Waals surface area contributed by atoms with Crippen molar-refractivity contribution >= 4 is 28.7 Å². The Balaban J connectivity index is 1.12. The fraction of sp³-hybridized carbons (Fsp3) is 0.361. The van der Waals surface area contributed by atoms with Crippen LogP contribution in [0.1, 0.15) is 45.2 Å². The van der Waals surface area contributed by atoms with E-state index in [1.165, 1.54) is 7.11 Å². The Hall–Kier alpha value is -4.87. The van der Waals surface area contributed by atoms with Gasteiger partial charge in [-0.05, 0) is 74.3 Å². The lowest BCUT2D eigenvalue weighted by molar-refractivity contribution is -0.144. The number of fused-ring (bicyclic) bond motifs is 2. The van der Waals surface area contributed by atoms with Crippen LogP contribution in [0.25, 0.3) is 33.7 Å². The minimum absolute atomic E-state index is 0.0910. The van der Waals surface area contributed by atoms with Gasteiger partial charge in [-0.1, -0.05) is 24.3 Å². The molecule has 0 spiro atoms. The van der Waals surface area contributed by atoms with Gasteiger partial charge < -0.3 is 23.9 Å². The number of nitrogens with zero attached hydrogens (tertiary/aromatic N) is 6. The molecule has 1 fully saturated rings. The zero-order valence-electron chi connectivity index (χ0n) is 27.5. The smallest absolute Gasteiger partial charge is 0.310 e. The lowest BCUT2D eigenvalue weighted by Crippen LogP contribution is -2.27. The van der Waals surface area contributed by atoms with Gasteiger partial charge in [-0.25, -0.2) is 9.97 Å². The number of amides is 1. The monoisotopic (exact) mass is 633 g/mol. The van der Waals surface area contributed by atoms with Gasteiger partial charge in [-0.3, -0.25) is 19.5 Å². The van der Waals surface area contributed by atoms with E-state index in [0.29, 0.717) is 30.4 Å². The lowest BCUT2D eigenvalue weighted by atomic mass is 9.93. The minimum Gasteiger partial charge on any atom is -0.469 e. The molecule has 1 N–H and O–H groups in total. The van der Waals surface area contributed by atoms with Gasteiger partial charge in [0.05, 0.1) is 30.6 Å². The number of anilines is 1. The SMILES string of the molecule is COC(=O)[C@@H]1CCN(Cc2cc3nc(-c4cccc(-c5cccc(NC(=O)c6nc7c(n6C)CCN(C)C7)c5C)c4C)oc3cn2)C1. The van der Waals surface area contributed by atoms with Crippen LogP contribution in [-0.4, -0.2) is 75.0 Å². The Bertz CT molecular complexity index is 2010. The molecule has 11 heteroatoms. The van der Waals surface area contributed by atoms with Crippen LogP contribution >= 0.6 is 0 Å². The standard InChI is InChI=1S/C36H39N7O4/c1-21-25(26-9-7-11-28(22(26)2)39-34(44)33-38-30-20-41(3)14-13-31(30)42(33)4)8-6-10-27(21)35-40-29-16-24(37-17-32(29)47-35)19-43-15-12-23(18-43)36(45)46-5/h6-11,16-17,23H,12-15,18-20H2,1-5H3,(H,39,44)/t23-/m1/s1. The van der Waals surface area contributed by atoms with Crippen LogP contribution in [0.2, 0.25) is 0 Å². The maximum Gasteiger partial charge on any atom is 0.310 e. The highest BCUT2D eigenvalue weighted by atomic mass is 16.5. The second kappa shape index (κ2) is 12.4. The van der Waals surface area contributed by atoms with E-state index in [9.17, 15) is 9.59 Å². The van der Waals surface area contributed by atoms with Gasteiger partial charge in [0.1, 0.15) is 5.52 Å². The quantitative estimate of drug-likeness (QED) is 0.243. The van der Waals surface area contributed by atoms with Crippen molar-refractivity contribution in [3.05, 3.63) is 82.7 Å². The molecule has 0 radical (unpaired) electrons. The van der Waals surface area contributed by atoms with Crippen molar-refractivity contribution in [2.24, 2.45) is 13.0 Å². The van der Waals surface area contributed by atoms with Crippen LogP contribution in [0.3, 0.4) is 0 Å². The number of ether oxygens (including phenoxy) is 1. The van der Waals surface area contributed by atoms with Gasteiger partial charge in [-0.2, -0.15) is 0 Å². The van der Waals surface area contributed by atoms with Crippen LogP contribution in [0.5, 0.6) is 0 Å². The van der Waals surface area contributed by atoms with Crippen molar-refractivity contribution in [3.8, 4) is 22.6 Å². The molecule has 0 saturated carbocycles. The second-order valence-corrected chi connectivity index (χ2v) is 12.7. The zero-order valence-corrected chi connectivity index (χ0v) is 27.5. The lowest BCUT2D eigenvalue weighted by Gasteiger charge is -2.21. The van der Waals surface area contributed by atoms with Crippen LogP contribution in [0.4, 0.5) is 5.69 Å². The number of methoxy groups -OCH3 is 1. The molecule has 0 aliphatic carbocycles. The Morgan fingerprint density at radius 1 is 1.02 bits per heavy atom. The van der Waals surface area contributed by atoms with E-state index in [4.69, 9.17) is 19.1 Å². The molecule has 1 saturated heterocycles. The molecule has 2 aromatic carbocycles. The zero-order chi connectivity index (χ0) is 32.8. The van der Waals surface area contributed by atoms with Crippen molar-refractivity contribution in [1.29, 1.82) is 0 Å². The number of oxazole rings is 1. The minimum atomic E-state index is -0.220. The summed E-state index contributed by atoms with van der Waals surface area (Å²) in [6, 6.07) is 14.0. The summed E-state index contributed by atoms with van der Waals surface area (Å²) in [5, 5.41) is 3.12. The summed E-state index contributed by atoms with van der Waals surface area (Å²) < 4.78 is 13.1. The van der Waals surface area contributed by atoms with Gasteiger partial charge in [0.2, 0.25) is 5.89 Å². The van der Waals surface area contributed by atoms with Gasteiger partial charge in [0.15, 0.2) is 11.4 Å². The largest absolute Gasteiger partial charge is 0.469 e. The number of hydrogen-bond donors (Lipinski definition) is 1. The van der Waals surface area contributed by atoms with Gasteiger partial charge in [0, 0.05) is 56.6 Å². The van der Waals surface area contributed by atoms with Crippen molar-refractivity contribution < 1.29 is 18.7 Å². The van der Waals surface area contributed by atoms with Crippen molar-refractivity contribution in [1.82, 2.24) is 29.3 Å². The van der Waals surface area contributed by atoms with Crippen molar-refractivity contribution in [3.63, 3.8) is 0 Å². The average Bonchev–Trinajstić information content (AvgIpc) is 3.79. The highest BCUT2D eigenvalue weighted by Gasteiger charge is 2.29.